The number of aromatic nitrogens is 1. The van der Waals surface area contributed by atoms with Crippen molar-refractivity contribution < 1.29 is 14.3 Å². The van der Waals surface area contributed by atoms with Crippen LogP contribution in [0.15, 0.2) is 12.3 Å². The second-order valence-electron chi connectivity index (χ2n) is 8.63. The molecular weight excluding hydrogens is 404 g/mol. The topological polar surface area (TPSA) is 74.8 Å². The van der Waals surface area contributed by atoms with Gasteiger partial charge >= 0.3 is 0 Å². The molecule has 1 atom stereocenters. The molecule has 32 heavy (non-hydrogen) atoms. The van der Waals surface area contributed by atoms with Crippen molar-refractivity contribution in [3.05, 3.63) is 17.8 Å². The average molecular weight is 449 g/mol. The number of hydrogen-bond acceptors (Lipinski definition) is 5. The Bertz CT molecular complexity index is 648. The quantitative estimate of drug-likeness (QED) is 0.615. The maximum atomic E-state index is 10.6. The van der Waals surface area contributed by atoms with Crippen LogP contribution in [-0.2, 0) is 14.3 Å². The first kappa shape index (κ1) is 27.9. The molecule has 3 rings (SSSR count). The molecule has 1 aliphatic carbocycles. The summed E-state index contributed by atoms with van der Waals surface area (Å²) in [7, 11) is 1.68. The number of aryl methyl sites for hydroxylation is 1. The molecule has 1 aromatic rings. The Morgan fingerprint density at radius 1 is 1.19 bits per heavy atom. The smallest absolute Gasteiger partial charge is 0.211 e. The summed E-state index contributed by atoms with van der Waals surface area (Å²) in [6.07, 6.45) is 12.3. The van der Waals surface area contributed by atoms with E-state index < -0.39 is 0 Å². The molecule has 7 nitrogen and oxygen atoms in total. The van der Waals surface area contributed by atoms with E-state index in [1.807, 2.05) is 31.7 Å². The Morgan fingerprint density at radius 2 is 1.88 bits per heavy atom. The lowest BCUT2D eigenvalue weighted by Gasteiger charge is -2.32. The highest BCUT2D eigenvalue weighted by atomic mass is 16.5. The van der Waals surface area contributed by atoms with Crippen LogP contribution in [0.2, 0.25) is 0 Å². The van der Waals surface area contributed by atoms with Crippen LogP contribution < -0.4 is 10.2 Å². The largest absolute Gasteiger partial charge is 0.385 e. The molecule has 2 aliphatic rings. The standard InChI is InChI=1S/C13H19N3O.C9H17NO.C3H8O/c1-10-4-3-5-16(8-10)13-11(2)6-12(7-14-13)15-9-17;1-2-10(8-11)9-6-4-3-5-7-9;1-3-4-2/h6-7,9-10H,3-5,8H2,1-2H3,(H,15,17);8-9H,2-7H2,1H3;3H2,1-2H3. The minimum absolute atomic E-state index is 0.547. The zero-order valence-corrected chi connectivity index (χ0v) is 20.8. The summed E-state index contributed by atoms with van der Waals surface area (Å²) >= 11 is 0. The summed E-state index contributed by atoms with van der Waals surface area (Å²) in [5.41, 5.74) is 1.87. The molecule has 7 heteroatoms. The number of nitrogens with zero attached hydrogens (tertiary/aromatic N) is 3. The third-order valence-corrected chi connectivity index (χ3v) is 6.07. The molecule has 1 N–H and O–H groups in total. The minimum atomic E-state index is 0.547. The minimum Gasteiger partial charge on any atom is -0.385 e. The van der Waals surface area contributed by atoms with Crippen molar-refractivity contribution in [2.75, 3.05) is 43.6 Å². The van der Waals surface area contributed by atoms with E-state index in [4.69, 9.17) is 0 Å². The van der Waals surface area contributed by atoms with Crippen LogP contribution in [0, 0.1) is 12.8 Å². The van der Waals surface area contributed by atoms with Crippen LogP contribution in [-0.4, -0.2) is 62.1 Å². The number of rotatable bonds is 7. The van der Waals surface area contributed by atoms with E-state index in [0.29, 0.717) is 12.5 Å². The summed E-state index contributed by atoms with van der Waals surface area (Å²) in [6.45, 7) is 12.2. The van der Waals surface area contributed by atoms with Crippen LogP contribution in [0.4, 0.5) is 11.5 Å². The van der Waals surface area contributed by atoms with Crippen LogP contribution in [0.1, 0.15) is 71.3 Å². The normalized spacial score (nSPS) is 18.4. The zero-order chi connectivity index (χ0) is 23.8. The van der Waals surface area contributed by atoms with Gasteiger partial charge in [0.2, 0.25) is 12.8 Å². The van der Waals surface area contributed by atoms with Crippen molar-refractivity contribution in [3.63, 3.8) is 0 Å². The maximum absolute atomic E-state index is 10.6. The van der Waals surface area contributed by atoms with Crippen molar-refractivity contribution >= 4 is 24.3 Å². The molecular formula is C25H44N4O3. The van der Waals surface area contributed by atoms with Gasteiger partial charge in [0.25, 0.3) is 0 Å². The fraction of sp³-hybridized carbons (Fsp3) is 0.720. The molecule has 182 valence electrons. The number of pyridine rings is 1. The number of amides is 2. The fourth-order valence-corrected chi connectivity index (χ4v) is 4.26. The van der Waals surface area contributed by atoms with Crippen molar-refractivity contribution in [1.29, 1.82) is 0 Å². The SMILES string of the molecule is CCN(C=O)C1CCCCC1.CCOC.Cc1cc(NC=O)cnc1N1CCCC(C)C1. The highest BCUT2D eigenvalue weighted by Crippen LogP contribution is 2.25. The Balaban J connectivity index is 0.000000293. The second kappa shape index (κ2) is 16.5. The number of carbonyl (C=O) groups is 2. The van der Waals surface area contributed by atoms with Gasteiger partial charge in [-0.25, -0.2) is 4.98 Å². The van der Waals surface area contributed by atoms with Gasteiger partial charge in [0.1, 0.15) is 5.82 Å². The summed E-state index contributed by atoms with van der Waals surface area (Å²) in [6, 6.07) is 2.52. The molecule has 2 fully saturated rings. The van der Waals surface area contributed by atoms with Crippen LogP contribution in [0.3, 0.4) is 0 Å². The summed E-state index contributed by atoms with van der Waals surface area (Å²) in [5, 5.41) is 2.63. The van der Waals surface area contributed by atoms with Gasteiger partial charge in [-0.1, -0.05) is 26.2 Å². The molecule has 0 bridgehead atoms. The highest BCUT2D eigenvalue weighted by molar-refractivity contribution is 5.72. The number of piperidine rings is 1. The van der Waals surface area contributed by atoms with Gasteiger partial charge in [-0.05, 0) is 64.0 Å². The third-order valence-electron chi connectivity index (χ3n) is 6.07. The van der Waals surface area contributed by atoms with E-state index in [9.17, 15) is 9.59 Å². The maximum Gasteiger partial charge on any atom is 0.211 e. The molecule has 1 unspecified atom stereocenters. The molecule has 0 spiro atoms. The molecule has 2 amide bonds. The highest BCUT2D eigenvalue weighted by Gasteiger charge is 2.19. The van der Waals surface area contributed by atoms with Crippen molar-refractivity contribution in [2.45, 2.75) is 78.7 Å². The summed E-state index contributed by atoms with van der Waals surface area (Å²) < 4.78 is 4.54. The monoisotopic (exact) mass is 448 g/mol. The number of ether oxygens (including phenoxy) is 1. The number of hydrogen-bond donors (Lipinski definition) is 1. The number of nitrogens with one attached hydrogen (secondary N) is 1. The van der Waals surface area contributed by atoms with Gasteiger partial charge in [-0.2, -0.15) is 0 Å². The number of methoxy groups -OCH3 is 1. The van der Waals surface area contributed by atoms with Gasteiger partial charge in [0.05, 0.1) is 11.9 Å². The van der Waals surface area contributed by atoms with E-state index in [0.717, 1.165) is 55.6 Å². The molecule has 2 heterocycles. The van der Waals surface area contributed by atoms with E-state index in [2.05, 4.69) is 26.9 Å². The van der Waals surface area contributed by atoms with Gasteiger partial charge < -0.3 is 19.9 Å². The lowest BCUT2D eigenvalue weighted by Crippen LogP contribution is -2.35. The Kier molecular flexibility index (Phi) is 14.4. The lowest BCUT2D eigenvalue weighted by atomic mass is 9.94. The first-order chi connectivity index (χ1) is 15.5. The van der Waals surface area contributed by atoms with E-state index in [1.165, 1.54) is 44.9 Å². The van der Waals surface area contributed by atoms with Gasteiger partial charge in [-0.3, -0.25) is 9.59 Å². The lowest BCUT2D eigenvalue weighted by molar-refractivity contribution is -0.120. The van der Waals surface area contributed by atoms with E-state index in [1.54, 1.807) is 13.3 Å². The van der Waals surface area contributed by atoms with Crippen LogP contribution in [0.25, 0.3) is 0 Å². The first-order valence-electron chi connectivity index (χ1n) is 12.1. The van der Waals surface area contributed by atoms with Gasteiger partial charge in [-0.15, -0.1) is 0 Å². The van der Waals surface area contributed by atoms with Crippen molar-refractivity contribution in [3.8, 4) is 0 Å². The Morgan fingerprint density at radius 3 is 2.38 bits per heavy atom. The summed E-state index contributed by atoms with van der Waals surface area (Å²) in [5.74, 6) is 1.78. The molecule has 1 aromatic heterocycles. The third kappa shape index (κ3) is 9.98. The zero-order valence-electron chi connectivity index (χ0n) is 20.8. The van der Waals surface area contributed by atoms with E-state index >= 15 is 0 Å². The van der Waals surface area contributed by atoms with Crippen molar-refractivity contribution in [2.24, 2.45) is 5.92 Å². The molecule has 0 radical (unpaired) electrons. The van der Waals surface area contributed by atoms with Crippen LogP contribution >= 0.6 is 0 Å². The second-order valence-corrected chi connectivity index (χ2v) is 8.63. The van der Waals surface area contributed by atoms with Gasteiger partial charge in [0.15, 0.2) is 0 Å². The first-order valence-corrected chi connectivity index (χ1v) is 12.1. The molecule has 0 aromatic carbocycles. The Labute approximate surface area is 194 Å². The number of anilines is 2. The number of carbonyl (C=O) groups excluding carboxylic acids is 2. The molecule has 1 aliphatic heterocycles. The van der Waals surface area contributed by atoms with Crippen molar-refractivity contribution in [1.82, 2.24) is 9.88 Å². The predicted octanol–water partition coefficient (Wildman–Crippen LogP) is 4.64. The Hall–Kier alpha value is -2.15. The summed E-state index contributed by atoms with van der Waals surface area (Å²) in [4.78, 5) is 29.7. The van der Waals surface area contributed by atoms with E-state index in [-0.39, 0.29) is 0 Å². The van der Waals surface area contributed by atoms with Gasteiger partial charge in [0, 0.05) is 39.4 Å². The predicted molar refractivity (Wildman–Crippen MR) is 132 cm³/mol. The molecule has 1 saturated heterocycles. The average Bonchev–Trinajstić information content (AvgIpc) is 2.81. The fourth-order valence-electron chi connectivity index (χ4n) is 4.26. The van der Waals surface area contributed by atoms with Crippen LogP contribution in [0.5, 0.6) is 0 Å². The molecule has 1 saturated carbocycles.